The number of amides is 1. The van der Waals surface area contributed by atoms with E-state index >= 15 is 0 Å². The molecule has 8 nitrogen and oxygen atoms in total. The molecular formula is C17H23N3O5. The van der Waals surface area contributed by atoms with Crippen LogP contribution in [0.3, 0.4) is 0 Å². The van der Waals surface area contributed by atoms with Crippen LogP contribution >= 0.6 is 0 Å². The minimum atomic E-state index is -0.574. The maximum atomic E-state index is 11.9. The van der Waals surface area contributed by atoms with Crippen molar-refractivity contribution >= 4 is 17.5 Å². The van der Waals surface area contributed by atoms with Gasteiger partial charge in [-0.25, -0.2) is 4.79 Å². The number of hydroxylamine groups is 1. The van der Waals surface area contributed by atoms with E-state index in [0.29, 0.717) is 18.5 Å². The number of carbonyl (C=O) groups excluding carboxylic acids is 1. The lowest BCUT2D eigenvalue weighted by Crippen LogP contribution is -2.31. The summed E-state index contributed by atoms with van der Waals surface area (Å²) in [5, 5.41) is 13.2. The lowest BCUT2D eigenvalue weighted by molar-refractivity contribution is -0.384. The molecule has 2 N–H and O–H groups in total. The SMILES string of the molecule is CC(C)(C)ONC1=CCC(OC(=O)Nc2ccc([N+](=O)[O-])cc2)CC1. The number of benzene rings is 1. The van der Waals surface area contributed by atoms with Crippen LogP contribution in [0.2, 0.25) is 0 Å². The fraction of sp³-hybridized carbons (Fsp3) is 0.471. The van der Waals surface area contributed by atoms with Crippen LogP contribution in [-0.4, -0.2) is 22.7 Å². The summed E-state index contributed by atoms with van der Waals surface area (Å²) >= 11 is 0. The van der Waals surface area contributed by atoms with Crippen molar-refractivity contribution in [3.8, 4) is 0 Å². The first kappa shape index (κ1) is 18.7. The Balaban J connectivity index is 1.78. The molecule has 1 aromatic rings. The number of ether oxygens (including phenoxy) is 1. The first-order chi connectivity index (χ1) is 11.7. The molecular weight excluding hydrogens is 326 g/mol. The highest BCUT2D eigenvalue weighted by molar-refractivity contribution is 5.84. The van der Waals surface area contributed by atoms with Gasteiger partial charge in [0.15, 0.2) is 0 Å². The molecule has 0 aliphatic heterocycles. The second kappa shape index (κ2) is 7.98. The van der Waals surface area contributed by atoms with Gasteiger partial charge in [-0.2, -0.15) is 0 Å². The van der Waals surface area contributed by atoms with Crippen molar-refractivity contribution in [1.82, 2.24) is 5.48 Å². The van der Waals surface area contributed by atoms with Gasteiger partial charge in [-0.05, 0) is 45.7 Å². The predicted octanol–water partition coefficient (Wildman–Crippen LogP) is 3.90. The van der Waals surface area contributed by atoms with E-state index in [4.69, 9.17) is 9.57 Å². The molecule has 0 aromatic heterocycles. The normalized spacial score (nSPS) is 17.4. The number of rotatable bonds is 5. The van der Waals surface area contributed by atoms with Crippen molar-refractivity contribution in [2.75, 3.05) is 5.32 Å². The van der Waals surface area contributed by atoms with Crippen LogP contribution in [0.5, 0.6) is 0 Å². The maximum Gasteiger partial charge on any atom is 0.411 e. The van der Waals surface area contributed by atoms with E-state index in [-0.39, 0.29) is 17.4 Å². The summed E-state index contributed by atoms with van der Waals surface area (Å²) in [5.74, 6) is 0. The van der Waals surface area contributed by atoms with E-state index in [1.807, 2.05) is 26.8 Å². The van der Waals surface area contributed by atoms with Crippen LogP contribution in [0, 0.1) is 10.1 Å². The van der Waals surface area contributed by atoms with Gasteiger partial charge < -0.3 is 4.74 Å². The first-order valence-corrected chi connectivity index (χ1v) is 8.08. The summed E-state index contributed by atoms with van der Waals surface area (Å²) in [5.41, 5.74) is 4.05. The molecule has 0 saturated carbocycles. The maximum absolute atomic E-state index is 11.9. The largest absolute Gasteiger partial charge is 0.446 e. The molecule has 1 unspecified atom stereocenters. The number of nitrogens with zero attached hydrogens (tertiary/aromatic N) is 1. The van der Waals surface area contributed by atoms with Gasteiger partial charge in [-0.3, -0.25) is 25.7 Å². The molecule has 1 aliphatic rings. The van der Waals surface area contributed by atoms with Gasteiger partial charge in [0.05, 0.1) is 10.5 Å². The Morgan fingerprint density at radius 2 is 1.96 bits per heavy atom. The smallest absolute Gasteiger partial charge is 0.411 e. The van der Waals surface area contributed by atoms with Gasteiger partial charge in [-0.1, -0.05) is 6.08 Å². The molecule has 8 heteroatoms. The molecule has 136 valence electrons. The van der Waals surface area contributed by atoms with E-state index in [1.54, 1.807) is 0 Å². The first-order valence-electron chi connectivity index (χ1n) is 8.08. The van der Waals surface area contributed by atoms with E-state index in [2.05, 4.69) is 10.8 Å². The van der Waals surface area contributed by atoms with Gasteiger partial charge in [-0.15, -0.1) is 0 Å². The van der Waals surface area contributed by atoms with Crippen LogP contribution in [0.15, 0.2) is 36.0 Å². The third kappa shape index (κ3) is 6.42. The third-order valence-electron chi connectivity index (χ3n) is 3.45. The van der Waals surface area contributed by atoms with Gasteiger partial charge in [0.2, 0.25) is 0 Å². The van der Waals surface area contributed by atoms with Gasteiger partial charge in [0.1, 0.15) is 6.10 Å². The van der Waals surface area contributed by atoms with Crippen LogP contribution in [0.25, 0.3) is 0 Å². The lowest BCUT2D eigenvalue weighted by Gasteiger charge is -2.26. The number of anilines is 1. The summed E-state index contributed by atoms with van der Waals surface area (Å²) < 4.78 is 5.37. The molecule has 0 spiro atoms. The average Bonchev–Trinajstić information content (AvgIpc) is 2.54. The molecule has 1 amide bonds. The quantitative estimate of drug-likeness (QED) is 0.617. The summed E-state index contributed by atoms with van der Waals surface area (Å²) in [6.45, 7) is 5.87. The Morgan fingerprint density at radius 3 is 2.48 bits per heavy atom. The van der Waals surface area contributed by atoms with Crippen LogP contribution in [-0.2, 0) is 9.57 Å². The monoisotopic (exact) mass is 349 g/mol. The highest BCUT2D eigenvalue weighted by atomic mass is 16.7. The van der Waals surface area contributed by atoms with Crippen LogP contribution in [0.4, 0.5) is 16.2 Å². The molecule has 0 bridgehead atoms. The van der Waals surface area contributed by atoms with Crippen molar-refractivity contribution < 1.29 is 19.3 Å². The van der Waals surface area contributed by atoms with Crippen molar-refractivity contribution in [3.63, 3.8) is 0 Å². The van der Waals surface area contributed by atoms with Gasteiger partial charge >= 0.3 is 6.09 Å². The summed E-state index contributed by atoms with van der Waals surface area (Å²) in [6.07, 6.45) is 3.20. The molecule has 25 heavy (non-hydrogen) atoms. The van der Waals surface area contributed by atoms with Gasteiger partial charge in [0, 0.05) is 29.9 Å². The Morgan fingerprint density at radius 1 is 1.28 bits per heavy atom. The van der Waals surface area contributed by atoms with E-state index in [0.717, 1.165) is 12.1 Å². The molecule has 2 rings (SSSR count). The zero-order valence-corrected chi connectivity index (χ0v) is 14.6. The van der Waals surface area contributed by atoms with E-state index in [9.17, 15) is 14.9 Å². The Labute approximate surface area is 146 Å². The zero-order valence-electron chi connectivity index (χ0n) is 14.6. The molecule has 0 fully saturated rings. The second-order valence-electron chi connectivity index (χ2n) is 6.78. The number of hydrogen-bond donors (Lipinski definition) is 2. The number of carbonyl (C=O) groups is 1. The number of nitro benzene ring substituents is 1. The third-order valence-corrected chi connectivity index (χ3v) is 3.45. The number of allylic oxidation sites excluding steroid dienone is 1. The second-order valence-corrected chi connectivity index (χ2v) is 6.78. The summed E-state index contributed by atoms with van der Waals surface area (Å²) in [4.78, 5) is 27.5. The molecule has 0 saturated heterocycles. The Hall–Kier alpha value is -2.61. The topological polar surface area (TPSA) is 103 Å². The van der Waals surface area contributed by atoms with Gasteiger partial charge in [0.25, 0.3) is 5.69 Å². The predicted molar refractivity (Wildman–Crippen MR) is 92.9 cm³/mol. The van der Waals surface area contributed by atoms with E-state index in [1.165, 1.54) is 24.3 Å². The van der Waals surface area contributed by atoms with Crippen molar-refractivity contribution in [2.45, 2.75) is 51.7 Å². The standard InChI is InChI=1S/C17H23N3O5/c1-17(2,3)25-19-13-6-10-15(11-7-13)24-16(21)18-12-4-8-14(9-5-12)20(22)23/h4-6,8-9,15,19H,7,10-11H2,1-3H3,(H,18,21). The molecule has 0 radical (unpaired) electrons. The number of nitro groups is 1. The minimum absolute atomic E-state index is 0.0335. The lowest BCUT2D eigenvalue weighted by atomic mass is 10.0. The number of non-ortho nitro benzene ring substituents is 1. The average molecular weight is 349 g/mol. The summed E-state index contributed by atoms with van der Waals surface area (Å²) in [6, 6.07) is 5.58. The fourth-order valence-corrected chi connectivity index (χ4v) is 2.19. The number of hydrogen-bond acceptors (Lipinski definition) is 6. The molecule has 0 heterocycles. The molecule has 1 aliphatic carbocycles. The fourth-order valence-electron chi connectivity index (χ4n) is 2.19. The Bertz CT molecular complexity index is 649. The van der Waals surface area contributed by atoms with Crippen molar-refractivity contribution in [1.29, 1.82) is 0 Å². The summed E-state index contributed by atoms with van der Waals surface area (Å²) in [7, 11) is 0. The minimum Gasteiger partial charge on any atom is -0.446 e. The highest BCUT2D eigenvalue weighted by Crippen LogP contribution is 2.21. The molecule has 1 aromatic carbocycles. The van der Waals surface area contributed by atoms with Crippen molar-refractivity contribution in [3.05, 3.63) is 46.2 Å². The van der Waals surface area contributed by atoms with Crippen LogP contribution in [0.1, 0.15) is 40.0 Å². The zero-order chi connectivity index (χ0) is 18.4. The van der Waals surface area contributed by atoms with E-state index < -0.39 is 11.0 Å². The van der Waals surface area contributed by atoms with Crippen molar-refractivity contribution in [2.24, 2.45) is 0 Å². The molecule has 1 atom stereocenters. The van der Waals surface area contributed by atoms with Crippen LogP contribution < -0.4 is 10.8 Å². The number of nitrogens with one attached hydrogen (secondary N) is 2. The Kier molecular flexibility index (Phi) is 5.97. The highest BCUT2D eigenvalue weighted by Gasteiger charge is 2.20.